The molecule has 2 N–H and O–H groups in total. The summed E-state index contributed by atoms with van der Waals surface area (Å²) in [6, 6.07) is 23.6. The van der Waals surface area contributed by atoms with Gasteiger partial charge in [-0.05, 0) is 142 Å². The summed E-state index contributed by atoms with van der Waals surface area (Å²) in [5.41, 5.74) is 2.23. The summed E-state index contributed by atoms with van der Waals surface area (Å²) in [6.45, 7) is 10.0. The third kappa shape index (κ3) is 11.0. The monoisotopic (exact) mass is 963 g/mol. The number of fused-ring (bicyclic) bond motifs is 3. The van der Waals surface area contributed by atoms with Crippen molar-refractivity contribution in [3.8, 4) is 34.5 Å². The quantitative estimate of drug-likeness (QED) is 0.0281. The molecule has 0 aromatic heterocycles. The Morgan fingerprint density at radius 1 is 0.928 bits per heavy atom. The molecule has 0 radical (unpaired) electrons. The second-order valence-electron chi connectivity index (χ2n) is 18.7. The first-order chi connectivity index (χ1) is 33.3. The number of carbonyl (C=O) groups excluding carboxylic acids is 1. The fourth-order valence-corrected chi connectivity index (χ4v) is 10.4. The molecular weight excluding hydrogens is 903 g/mol. The molecule has 0 spiro atoms. The van der Waals surface area contributed by atoms with Gasteiger partial charge < -0.3 is 43.5 Å². The molecule has 1 amide bonds. The number of benzene rings is 4. The fourth-order valence-electron chi connectivity index (χ4n) is 10.0. The van der Waals surface area contributed by atoms with Crippen LogP contribution in [0, 0.1) is 27.9 Å². The number of aliphatic hydroxyl groups is 2. The Kier molecular flexibility index (Phi) is 15.5. The van der Waals surface area contributed by atoms with E-state index >= 15 is 4.79 Å². The van der Waals surface area contributed by atoms with Gasteiger partial charge in [0, 0.05) is 54.7 Å². The molecule has 6 atom stereocenters. The van der Waals surface area contributed by atoms with Gasteiger partial charge in [0.05, 0.1) is 23.2 Å². The summed E-state index contributed by atoms with van der Waals surface area (Å²) in [5.74, 6) is 0.472. The molecule has 15 nitrogen and oxygen atoms in total. The summed E-state index contributed by atoms with van der Waals surface area (Å²) in [5, 5.41) is 36.6. The average Bonchev–Trinajstić information content (AvgIpc) is 3.81. The van der Waals surface area contributed by atoms with Gasteiger partial charge in [-0.2, -0.15) is 0 Å². The van der Waals surface area contributed by atoms with E-state index in [0.29, 0.717) is 52.9 Å². The zero-order chi connectivity index (χ0) is 48.7. The maximum absolute atomic E-state index is 15.2. The van der Waals surface area contributed by atoms with Crippen LogP contribution in [0.3, 0.4) is 0 Å². The summed E-state index contributed by atoms with van der Waals surface area (Å²) in [6.07, 6.45) is 9.59. The van der Waals surface area contributed by atoms with Crippen LogP contribution in [-0.4, -0.2) is 82.1 Å². The Balaban J connectivity index is 1.34. The Morgan fingerprint density at radius 2 is 1.62 bits per heavy atom. The predicted octanol–water partition coefficient (Wildman–Crippen LogP) is 11.0. The molecule has 4 aromatic rings. The van der Waals surface area contributed by atoms with Crippen LogP contribution in [0.5, 0.6) is 34.5 Å². The molecule has 4 aliphatic rings. The molecule has 2 heterocycles. The number of oxime groups is 1. The largest absolute Gasteiger partial charge is 0.459 e. The van der Waals surface area contributed by atoms with E-state index in [1.165, 1.54) is 24.3 Å². The molecule has 4 aromatic carbocycles. The van der Waals surface area contributed by atoms with Crippen molar-refractivity contribution in [1.82, 2.24) is 4.90 Å². The maximum Gasteiger partial charge on any atom is 0.416 e. The zero-order valence-corrected chi connectivity index (χ0v) is 40.4. The molecule has 0 saturated heterocycles. The van der Waals surface area contributed by atoms with Crippen LogP contribution >= 0.6 is 11.8 Å². The summed E-state index contributed by atoms with van der Waals surface area (Å²) < 4.78 is 38.7. The van der Waals surface area contributed by atoms with Crippen LogP contribution in [0.2, 0.25) is 0 Å². The SMILES string of the molecule is C=CCOC12Oc3ccc(Oc4ccc(SC)cc4)cc3C3C(CCCCO)C(CCCCO)C=C(C(=NOC(C)(C)C)CC1N(Cc1ccc4c(c1)OCO4)C(=O)Oc1ccc([N+](=O)[O-])cc1)C32. The summed E-state index contributed by atoms with van der Waals surface area (Å²) >= 11 is 1.65. The number of hydrogen-bond donors (Lipinski definition) is 2. The van der Waals surface area contributed by atoms with Gasteiger partial charge in [0.1, 0.15) is 34.6 Å². The van der Waals surface area contributed by atoms with Crippen LogP contribution in [0.1, 0.15) is 82.8 Å². The number of nitrogens with zero attached hydrogens (tertiary/aromatic N) is 3. The molecule has 1 fully saturated rings. The number of aliphatic hydroxyl groups excluding tert-OH is 2. The van der Waals surface area contributed by atoms with Crippen LogP contribution in [-0.2, 0) is 16.1 Å². The average molecular weight is 964 g/mol. The number of ether oxygens (including phenoxy) is 6. The number of unbranched alkanes of at least 4 members (excludes halogenated alkanes) is 2. The molecule has 2 aliphatic heterocycles. The first kappa shape index (κ1) is 49.4. The van der Waals surface area contributed by atoms with E-state index in [4.69, 9.17) is 38.4 Å². The number of rotatable bonds is 20. The summed E-state index contributed by atoms with van der Waals surface area (Å²) in [4.78, 5) is 35.3. The van der Waals surface area contributed by atoms with Gasteiger partial charge in [-0.3, -0.25) is 15.0 Å². The molecule has 366 valence electrons. The Morgan fingerprint density at radius 3 is 2.32 bits per heavy atom. The molecule has 16 heteroatoms. The standard InChI is InChI=1S/C53H61N3O12S/c1-6-27-64-53-48(55(32-34-13-23-46-47(28-34)63-33-62-46)51(59)66-38-16-14-36(15-17-38)56(60)61)31-44(54-68-52(2,3)4)42-29-35(11-7-9-25-57)41(12-8-10-26-58)49(50(42)53)43-30-39(20-24-45(43)67-53)65-37-18-21-40(69-5)22-19-37/h6,13-24,28-30,35,41,48-50,57-58H,1,7-12,25-27,31-33H2,2-5H3. The molecular formula is C53H61N3O12S. The normalized spacial score (nSPS) is 22.7. The van der Waals surface area contributed by atoms with Crippen molar-refractivity contribution >= 4 is 29.3 Å². The van der Waals surface area contributed by atoms with Crippen molar-refractivity contribution in [3.05, 3.63) is 130 Å². The van der Waals surface area contributed by atoms with Crippen molar-refractivity contribution in [3.63, 3.8) is 0 Å². The number of nitro benzene ring substituents is 1. The van der Waals surface area contributed by atoms with Crippen LogP contribution < -0.4 is 23.7 Å². The lowest BCUT2D eigenvalue weighted by atomic mass is 9.55. The lowest BCUT2D eigenvalue weighted by molar-refractivity contribution is -0.384. The molecule has 0 bridgehead atoms. The van der Waals surface area contributed by atoms with E-state index in [9.17, 15) is 20.3 Å². The number of non-ortho nitro benzene ring substituents is 1. The van der Waals surface area contributed by atoms with Gasteiger partial charge in [-0.15, -0.1) is 18.3 Å². The Labute approximate surface area is 407 Å². The molecule has 8 rings (SSSR count). The van der Waals surface area contributed by atoms with E-state index in [2.05, 4.69) is 12.7 Å². The van der Waals surface area contributed by atoms with E-state index < -0.39 is 34.4 Å². The third-order valence-corrected chi connectivity index (χ3v) is 13.8. The number of carbonyl (C=O) groups is 1. The predicted molar refractivity (Wildman–Crippen MR) is 261 cm³/mol. The highest BCUT2D eigenvalue weighted by molar-refractivity contribution is 7.98. The van der Waals surface area contributed by atoms with Crippen LogP contribution in [0.25, 0.3) is 0 Å². The van der Waals surface area contributed by atoms with Gasteiger partial charge in [0.15, 0.2) is 11.5 Å². The number of thioether (sulfide) groups is 1. The third-order valence-electron chi connectivity index (χ3n) is 13.0. The number of nitro groups is 1. The van der Waals surface area contributed by atoms with Crippen LogP contribution in [0.15, 0.2) is 119 Å². The lowest BCUT2D eigenvalue weighted by Crippen LogP contribution is -2.70. The first-order valence-electron chi connectivity index (χ1n) is 23.5. The lowest BCUT2D eigenvalue weighted by Gasteiger charge is -2.60. The zero-order valence-electron chi connectivity index (χ0n) is 39.5. The minimum absolute atomic E-state index is 0.00596. The van der Waals surface area contributed by atoms with Crippen molar-refractivity contribution in [2.45, 2.75) is 101 Å². The molecule has 1 saturated carbocycles. The number of amides is 1. The molecule has 69 heavy (non-hydrogen) atoms. The van der Waals surface area contributed by atoms with E-state index in [1.807, 2.05) is 81.6 Å². The number of hydrogen-bond acceptors (Lipinski definition) is 14. The second-order valence-corrected chi connectivity index (χ2v) is 19.6. The van der Waals surface area contributed by atoms with Crippen molar-refractivity contribution in [2.24, 2.45) is 22.9 Å². The Bertz CT molecular complexity index is 2530. The van der Waals surface area contributed by atoms with Gasteiger partial charge in [-0.1, -0.05) is 36.2 Å². The van der Waals surface area contributed by atoms with Crippen LogP contribution in [0.4, 0.5) is 10.5 Å². The van der Waals surface area contributed by atoms with Gasteiger partial charge >= 0.3 is 6.09 Å². The minimum Gasteiger partial charge on any atom is -0.459 e. The smallest absolute Gasteiger partial charge is 0.416 e. The second kappa shape index (κ2) is 21.7. The fraction of sp³-hybridized carbons (Fsp3) is 0.434. The van der Waals surface area contributed by atoms with Gasteiger partial charge in [0.2, 0.25) is 12.6 Å². The van der Waals surface area contributed by atoms with Crippen molar-refractivity contribution < 1.29 is 53.2 Å². The molecule has 6 unspecified atom stereocenters. The molecule has 2 aliphatic carbocycles. The highest BCUT2D eigenvalue weighted by Crippen LogP contribution is 2.62. The van der Waals surface area contributed by atoms with Gasteiger partial charge in [-0.25, -0.2) is 4.79 Å². The minimum atomic E-state index is -1.61. The topological polar surface area (TPSA) is 181 Å². The van der Waals surface area contributed by atoms with Crippen molar-refractivity contribution in [2.75, 3.05) is 32.9 Å². The van der Waals surface area contributed by atoms with E-state index in [1.54, 1.807) is 28.8 Å². The first-order valence-corrected chi connectivity index (χ1v) is 24.8. The number of allylic oxidation sites excluding steroid dienone is 1. The Hall–Kier alpha value is -6.07. The maximum atomic E-state index is 15.2. The highest BCUT2D eigenvalue weighted by atomic mass is 32.2. The summed E-state index contributed by atoms with van der Waals surface area (Å²) in [7, 11) is 0. The highest BCUT2D eigenvalue weighted by Gasteiger charge is 2.66. The van der Waals surface area contributed by atoms with Gasteiger partial charge in [0.25, 0.3) is 5.69 Å². The van der Waals surface area contributed by atoms with Crippen molar-refractivity contribution in [1.29, 1.82) is 0 Å². The van der Waals surface area contributed by atoms with E-state index in [-0.39, 0.29) is 68.8 Å². The van der Waals surface area contributed by atoms with E-state index in [0.717, 1.165) is 41.7 Å².